The summed E-state index contributed by atoms with van der Waals surface area (Å²) in [6.07, 6.45) is 1.09. The Bertz CT molecular complexity index is 653. The summed E-state index contributed by atoms with van der Waals surface area (Å²) < 4.78 is 23.1. The third kappa shape index (κ3) is 5.14. The first-order valence-electron chi connectivity index (χ1n) is 7.04. The lowest BCUT2D eigenvalue weighted by atomic mass is 10.2. The second-order valence-corrected chi connectivity index (χ2v) is 7.36. The van der Waals surface area contributed by atoms with E-state index in [4.69, 9.17) is 0 Å². The Morgan fingerprint density at radius 2 is 1.91 bits per heavy atom. The number of rotatable bonds is 6. The fourth-order valence-corrected chi connectivity index (χ4v) is 2.58. The van der Waals surface area contributed by atoms with Crippen molar-refractivity contribution in [3.63, 3.8) is 0 Å². The van der Waals surface area contributed by atoms with Crippen molar-refractivity contribution in [1.29, 1.82) is 0 Å². The number of nitrogens with one attached hydrogen (secondary N) is 1. The molecule has 0 bridgehead atoms. The molecule has 22 heavy (non-hydrogen) atoms. The summed E-state index contributed by atoms with van der Waals surface area (Å²) in [5.74, 6) is -0.614. The summed E-state index contributed by atoms with van der Waals surface area (Å²) in [5.41, 5.74) is 0.252. The molecule has 1 rings (SSSR count). The maximum atomic E-state index is 12.4. The lowest BCUT2D eigenvalue weighted by molar-refractivity contribution is -0.122. The standard InChI is InChI=1S/C15H22N2O4S/c1-5-17(10-14(18)16-11(2)3)15(19)12-7-6-8-13(9-12)22(4,20)21/h6-9,11H,5,10H2,1-4H3,(H,16,18). The zero-order chi connectivity index (χ0) is 16.9. The second-order valence-electron chi connectivity index (χ2n) is 5.34. The van der Waals surface area contributed by atoms with Gasteiger partial charge in [-0.05, 0) is 39.0 Å². The van der Waals surface area contributed by atoms with Crippen LogP contribution in [0.5, 0.6) is 0 Å². The molecule has 0 saturated carbocycles. The number of sulfone groups is 1. The molecule has 0 aliphatic heterocycles. The first-order valence-corrected chi connectivity index (χ1v) is 8.93. The van der Waals surface area contributed by atoms with E-state index in [1.54, 1.807) is 13.0 Å². The lowest BCUT2D eigenvalue weighted by Gasteiger charge is -2.21. The molecule has 7 heteroatoms. The largest absolute Gasteiger partial charge is 0.352 e. The van der Waals surface area contributed by atoms with Crippen LogP contribution in [-0.2, 0) is 14.6 Å². The van der Waals surface area contributed by atoms with Crippen molar-refractivity contribution in [1.82, 2.24) is 10.2 Å². The van der Waals surface area contributed by atoms with Gasteiger partial charge in [-0.1, -0.05) is 6.07 Å². The van der Waals surface area contributed by atoms with E-state index in [0.717, 1.165) is 6.26 Å². The molecule has 0 aliphatic carbocycles. The quantitative estimate of drug-likeness (QED) is 0.848. The number of hydrogen-bond acceptors (Lipinski definition) is 4. The van der Waals surface area contributed by atoms with E-state index >= 15 is 0 Å². The van der Waals surface area contributed by atoms with Gasteiger partial charge in [0.05, 0.1) is 11.4 Å². The van der Waals surface area contributed by atoms with Gasteiger partial charge < -0.3 is 10.2 Å². The van der Waals surface area contributed by atoms with Gasteiger partial charge in [-0.15, -0.1) is 0 Å². The first kappa shape index (κ1) is 18.2. The molecule has 0 fully saturated rings. The van der Waals surface area contributed by atoms with Crippen molar-refractivity contribution < 1.29 is 18.0 Å². The molecular formula is C15H22N2O4S. The van der Waals surface area contributed by atoms with Gasteiger partial charge >= 0.3 is 0 Å². The second kappa shape index (κ2) is 7.40. The van der Waals surface area contributed by atoms with Crippen molar-refractivity contribution in [3.05, 3.63) is 29.8 Å². The van der Waals surface area contributed by atoms with Crippen LogP contribution in [0.1, 0.15) is 31.1 Å². The molecule has 6 nitrogen and oxygen atoms in total. The Morgan fingerprint density at radius 1 is 1.27 bits per heavy atom. The van der Waals surface area contributed by atoms with Crippen molar-refractivity contribution in [2.75, 3.05) is 19.3 Å². The van der Waals surface area contributed by atoms with Crippen LogP contribution in [0.3, 0.4) is 0 Å². The Morgan fingerprint density at radius 3 is 2.41 bits per heavy atom. The molecule has 122 valence electrons. The highest BCUT2D eigenvalue weighted by Gasteiger charge is 2.19. The minimum absolute atomic E-state index is 0.00475. The van der Waals surface area contributed by atoms with Gasteiger partial charge in [-0.25, -0.2) is 8.42 Å². The first-order chi connectivity index (χ1) is 10.1. The van der Waals surface area contributed by atoms with Gasteiger partial charge in [-0.2, -0.15) is 0 Å². The van der Waals surface area contributed by atoms with Crippen LogP contribution in [0.15, 0.2) is 29.2 Å². The van der Waals surface area contributed by atoms with Crippen LogP contribution < -0.4 is 5.32 Å². The number of nitrogens with zero attached hydrogens (tertiary/aromatic N) is 1. The van der Waals surface area contributed by atoms with E-state index in [9.17, 15) is 18.0 Å². The number of carbonyl (C=O) groups is 2. The third-order valence-corrected chi connectivity index (χ3v) is 4.07. The zero-order valence-electron chi connectivity index (χ0n) is 13.3. The number of amides is 2. The van der Waals surface area contributed by atoms with E-state index in [2.05, 4.69) is 5.32 Å². The van der Waals surface area contributed by atoms with E-state index in [1.807, 2.05) is 13.8 Å². The smallest absolute Gasteiger partial charge is 0.254 e. The van der Waals surface area contributed by atoms with E-state index in [0.29, 0.717) is 6.54 Å². The number of likely N-dealkylation sites (N-methyl/N-ethyl adjacent to an activating group) is 1. The molecule has 0 aliphatic rings. The van der Waals surface area contributed by atoms with Gasteiger partial charge in [-0.3, -0.25) is 9.59 Å². The third-order valence-electron chi connectivity index (χ3n) is 2.96. The Hall–Kier alpha value is -1.89. The average Bonchev–Trinajstić information content (AvgIpc) is 2.42. The van der Waals surface area contributed by atoms with Gasteiger partial charge in [0.15, 0.2) is 9.84 Å². The number of benzene rings is 1. The predicted molar refractivity (Wildman–Crippen MR) is 84.4 cm³/mol. The maximum Gasteiger partial charge on any atom is 0.254 e. The topological polar surface area (TPSA) is 83.6 Å². The average molecular weight is 326 g/mol. The molecular weight excluding hydrogens is 304 g/mol. The van der Waals surface area contributed by atoms with Gasteiger partial charge in [0.1, 0.15) is 0 Å². The van der Waals surface area contributed by atoms with Gasteiger partial charge in [0.2, 0.25) is 5.91 Å². The van der Waals surface area contributed by atoms with Crippen LogP contribution in [-0.4, -0.2) is 50.5 Å². The molecule has 2 amide bonds. The van der Waals surface area contributed by atoms with Crippen LogP contribution in [0, 0.1) is 0 Å². The molecule has 1 aromatic rings. The Labute approximate surface area is 131 Å². The highest BCUT2D eigenvalue weighted by molar-refractivity contribution is 7.90. The molecule has 0 spiro atoms. The molecule has 0 saturated heterocycles. The van der Waals surface area contributed by atoms with E-state index in [-0.39, 0.29) is 34.9 Å². The summed E-state index contributed by atoms with van der Waals surface area (Å²) in [5, 5.41) is 2.72. The molecule has 0 heterocycles. The van der Waals surface area contributed by atoms with E-state index in [1.165, 1.54) is 23.1 Å². The minimum atomic E-state index is -3.38. The van der Waals surface area contributed by atoms with Crippen LogP contribution >= 0.6 is 0 Å². The van der Waals surface area contributed by atoms with E-state index < -0.39 is 9.84 Å². The molecule has 0 unspecified atom stereocenters. The molecule has 0 atom stereocenters. The molecule has 0 aromatic heterocycles. The van der Waals surface area contributed by atoms with Crippen molar-refractivity contribution >= 4 is 21.7 Å². The van der Waals surface area contributed by atoms with Crippen molar-refractivity contribution in [2.24, 2.45) is 0 Å². The van der Waals surface area contributed by atoms with Gasteiger partial charge in [0, 0.05) is 24.4 Å². The van der Waals surface area contributed by atoms with Crippen molar-refractivity contribution in [3.8, 4) is 0 Å². The summed E-state index contributed by atoms with van der Waals surface area (Å²) in [6.45, 7) is 5.74. The van der Waals surface area contributed by atoms with Crippen molar-refractivity contribution in [2.45, 2.75) is 31.7 Å². The maximum absolute atomic E-state index is 12.4. The molecule has 0 radical (unpaired) electrons. The SMILES string of the molecule is CCN(CC(=O)NC(C)C)C(=O)c1cccc(S(C)(=O)=O)c1. The fraction of sp³-hybridized carbons (Fsp3) is 0.467. The fourth-order valence-electron chi connectivity index (χ4n) is 1.91. The zero-order valence-corrected chi connectivity index (χ0v) is 14.1. The summed E-state index contributed by atoms with van der Waals surface area (Å²) in [7, 11) is -3.38. The summed E-state index contributed by atoms with van der Waals surface area (Å²) in [6, 6.07) is 5.83. The molecule has 1 N–H and O–H groups in total. The highest BCUT2D eigenvalue weighted by Crippen LogP contribution is 2.13. The summed E-state index contributed by atoms with van der Waals surface area (Å²) in [4.78, 5) is 25.7. The number of hydrogen-bond donors (Lipinski definition) is 1. The Balaban J connectivity index is 2.95. The monoisotopic (exact) mass is 326 g/mol. The normalized spacial score (nSPS) is 11.3. The van der Waals surface area contributed by atoms with Crippen LogP contribution in [0.4, 0.5) is 0 Å². The van der Waals surface area contributed by atoms with Crippen LogP contribution in [0.25, 0.3) is 0 Å². The minimum Gasteiger partial charge on any atom is -0.352 e. The molecule has 1 aromatic carbocycles. The summed E-state index contributed by atoms with van der Waals surface area (Å²) >= 11 is 0. The number of carbonyl (C=O) groups excluding carboxylic acids is 2. The lowest BCUT2D eigenvalue weighted by Crippen LogP contribution is -2.42. The van der Waals surface area contributed by atoms with Gasteiger partial charge in [0.25, 0.3) is 5.91 Å². The van der Waals surface area contributed by atoms with Crippen LogP contribution in [0.2, 0.25) is 0 Å². The predicted octanol–water partition coefficient (Wildman–Crippen LogP) is 1.08. The Kier molecular flexibility index (Phi) is 6.11. The highest BCUT2D eigenvalue weighted by atomic mass is 32.2.